The van der Waals surface area contributed by atoms with E-state index in [2.05, 4.69) is 0 Å². The molecule has 1 aliphatic rings. The first-order chi connectivity index (χ1) is 6.45. The highest BCUT2D eigenvalue weighted by Crippen LogP contribution is 2.30. The molecule has 1 heterocycles. The zero-order valence-corrected chi connectivity index (χ0v) is 7.04. The van der Waals surface area contributed by atoms with Crippen LogP contribution in [0.25, 0.3) is 0 Å². The number of halogens is 3. The molecule has 0 amide bonds. The van der Waals surface area contributed by atoms with E-state index in [9.17, 15) is 13.2 Å². The summed E-state index contributed by atoms with van der Waals surface area (Å²) in [4.78, 5) is 0. The fourth-order valence-electron chi connectivity index (χ4n) is 1.07. The van der Waals surface area contributed by atoms with E-state index in [0.717, 1.165) is 6.08 Å². The van der Waals surface area contributed by atoms with Gasteiger partial charge in [-0.05, 0) is 11.6 Å². The van der Waals surface area contributed by atoms with Crippen molar-refractivity contribution in [1.29, 1.82) is 5.26 Å². The van der Waals surface area contributed by atoms with E-state index in [0.29, 0.717) is 5.57 Å². The highest BCUT2D eigenvalue weighted by molar-refractivity contribution is 5.27. The third kappa shape index (κ3) is 2.26. The summed E-state index contributed by atoms with van der Waals surface area (Å²) in [5.41, 5.74) is -0.665. The summed E-state index contributed by atoms with van der Waals surface area (Å²) in [6.45, 7) is -0.279. The van der Waals surface area contributed by atoms with E-state index in [1.54, 1.807) is 6.07 Å². The molecule has 14 heavy (non-hydrogen) atoms. The van der Waals surface area contributed by atoms with Gasteiger partial charge >= 0.3 is 6.18 Å². The average molecular weight is 204 g/mol. The second-order valence-electron chi connectivity index (χ2n) is 2.77. The first-order valence-electron chi connectivity index (χ1n) is 3.75. The maximum absolute atomic E-state index is 12.1. The number of nitriles is 1. The first kappa shape index (κ1) is 10.6. The molecule has 0 fully saturated rings. The molecule has 0 aromatic rings. The van der Waals surface area contributed by atoms with Crippen molar-refractivity contribution in [3.63, 3.8) is 0 Å². The lowest BCUT2D eigenvalue weighted by Crippen LogP contribution is -2.32. The average Bonchev–Trinajstić information content (AvgIpc) is 2.02. The summed E-state index contributed by atoms with van der Waals surface area (Å²) in [6.07, 6.45) is -2.59. The van der Waals surface area contributed by atoms with Crippen LogP contribution in [0.15, 0.2) is 23.4 Å². The van der Waals surface area contributed by atoms with Crippen molar-refractivity contribution in [3.05, 3.63) is 23.4 Å². The summed E-state index contributed by atoms with van der Waals surface area (Å²) >= 11 is 0. The number of allylic oxidation sites excluding steroid dienone is 3. The first-order valence-corrected chi connectivity index (χ1v) is 3.75. The van der Waals surface area contributed by atoms with Crippen LogP contribution >= 0.6 is 0 Å². The SMILES string of the molecule is N#CCC1=CC=C(C(F)(F)F)N(O)C1. The lowest BCUT2D eigenvalue weighted by molar-refractivity contribution is -0.162. The Bertz CT molecular complexity index is 324. The van der Waals surface area contributed by atoms with Crippen molar-refractivity contribution >= 4 is 0 Å². The number of nitrogens with zero attached hydrogens (tertiary/aromatic N) is 2. The molecule has 0 spiro atoms. The fraction of sp³-hybridized carbons (Fsp3) is 0.375. The minimum Gasteiger partial charge on any atom is -0.288 e. The molecule has 0 saturated heterocycles. The molecular weight excluding hydrogens is 197 g/mol. The van der Waals surface area contributed by atoms with Crippen LogP contribution in [-0.4, -0.2) is 23.0 Å². The molecule has 0 aromatic heterocycles. The Morgan fingerprint density at radius 1 is 1.50 bits per heavy atom. The second kappa shape index (κ2) is 3.72. The maximum atomic E-state index is 12.1. The monoisotopic (exact) mass is 204 g/mol. The van der Waals surface area contributed by atoms with Crippen LogP contribution in [-0.2, 0) is 0 Å². The van der Waals surface area contributed by atoms with Crippen LogP contribution in [0.3, 0.4) is 0 Å². The van der Waals surface area contributed by atoms with Gasteiger partial charge in [0, 0.05) is 0 Å². The summed E-state index contributed by atoms with van der Waals surface area (Å²) in [5.74, 6) is 0. The van der Waals surface area contributed by atoms with Crippen molar-refractivity contribution in [2.24, 2.45) is 0 Å². The molecule has 0 atom stereocenters. The van der Waals surface area contributed by atoms with Gasteiger partial charge in [-0.3, -0.25) is 5.21 Å². The third-order valence-corrected chi connectivity index (χ3v) is 1.70. The lowest BCUT2D eigenvalue weighted by Gasteiger charge is -2.25. The van der Waals surface area contributed by atoms with E-state index in [1.165, 1.54) is 6.08 Å². The van der Waals surface area contributed by atoms with Gasteiger partial charge < -0.3 is 0 Å². The van der Waals surface area contributed by atoms with Crippen molar-refractivity contribution in [1.82, 2.24) is 5.06 Å². The van der Waals surface area contributed by atoms with Gasteiger partial charge in [-0.2, -0.15) is 18.4 Å². The Balaban J connectivity index is 2.87. The molecule has 0 unspecified atom stereocenters. The normalized spacial score (nSPS) is 17.2. The summed E-state index contributed by atoms with van der Waals surface area (Å²) in [5, 5.41) is 17.4. The van der Waals surface area contributed by atoms with Gasteiger partial charge in [-0.25, -0.2) is 5.06 Å². The minimum atomic E-state index is -4.57. The minimum absolute atomic E-state index is 0.0126. The zero-order chi connectivity index (χ0) is 10.8. The molecule has 0 saturated carbocycles. The topological polar surface area (TPSA) is 47.3 Å². The van der Waals surface area contributed by atoms with Crippen LogP contribution in [0.4, 0.5) is 13.2 Å². The van der Waals surface area contributed by atoms with Crippen molar-refractivity contribution in [3.8, 4) is 6.07 Å². The number of hydroxylamine groups is 2. The van der Waals surface area contributed by atoms with Gasteiger partial charge in [-0.15, -0.1) is 0 Å². The Hall–Kier alpha value is -1.48. The van der Waals surface area contributed by atoms with Crippen LogP contribution in [0.2, 0.25) is 0 Å². The van der Waals surface area contributed by atoms with Gasteiger partial charge in [0.15, 0.2) is 0 Å². The number of hydrogen-bond donors (Lipinski definition) is 1. The molecule has 0 bridgehead atoms. The molecule has 6 heteroatoms. The van der Waals surface area contributed by atoms with Gasteiger partial charge in [0.05, 0.1) is 19.0 Å². The van der Waals surface area contributed by atoms with Gasteiger partial charge in [0.1, 0.15) is 5.70 Å². The van der Waals surface area contributed by atoms with Crippen molar-refractivity contribution < 1.29 is 18.4 Å². The largest absolute Gasteiger partial charge is 0.433 e. The van der Waals surface area contributed by atoms with E-state index in [4.69, 9.17) is 10.5 Å². The molecular formula is C8H7F3N2O. The van der Waals surface area contributed by atoms with E-state index in [1.807, 2.05) is 0 Å². The Morgan fingerprint density at radius 2 is 2.14 bits per heavy atom. The van der Waals surface area contributed by atoms with Crippen LogP contribution in [0.5, 0.6) is 0 Å². The molecule has 76 valence electrons. The molecule has 0 radical (unpaired) electrons. The number of hydrogen-bond acceptors (Lipinski definition) is 3. The summed E-state index contributed by atoms with van der Waals surface area (Å²) in [6, 6.07) is 1.79. The predicted octanol–water partition coefficient (Wildman–Crippen LogP) is 1.98. The Kier molecular flexibility index (Phi) is 2.81. The van der Waals surface area contributed by atoms with E-state index < -0.39 is 11.9 Å². The highest BCUT2D eigenvalue weighted by Gasteiger charge is 2.38. The van der Waals surface area contributed by atoms with Crippen LogP contribution in [0.1, 0.15) is 6.42 Å². The van der Waals surface area contributed by atoms with Crippen molar-refractivity contribution in [2.75, 3.05) is 6.54 Å². The number of alkyl halides is 3. The Labute approximate surface area is 78.3 Å². The summed E-state index contributed by atoms with van der Waals surface area (Å²) < 4.78 is 36.4. The van der Waals surface area contributed by atoms with Crippen molar-refractivity contribution in [2.45, 2.75) is 12.6 Å². The standard InChI is InChI=1S/C8H7F3N2O/c9-8(10,11)7-2-1-6(3-4-12)5-13(7)14/h1-2,14H,3,5H2. The molecule has 1 rings (SSSR count). The Morgan fingerprint density at radius 3 is 2.57 bits per heavy atom. The highest BCUT2D eigenvalue weighted by atomic mass is 19.4. The predicted molar refractivity (Wildman–Crippen MR) is 40.9 cm³/mol. The zero-order valence-electron chi connectivity index (χ0n) is 7.04. The summed E-state index contributed by atoms with van der Waals surface area (Å²) in [7, 11) is 0. The smallest absolute Gasteiger partial charge is 0.288 e. The number of rotatable bonds is 1. The quantitative estimate of drug-likeness (QED) is 0.710. The van der Waals surface area contributed by atoms with Gasteiger partial charge in [0.25, 0.3) is 0 Å². The van der Waals surface area contributed by atoms with E-state index >= 15 is 0 Å². The van der Waals surface area contributed by atoms with Gasteiger partial charge in [-0.1, -0.05) is 6.08 Å². The molecule has 0 aromatic carbocycles. The second-order valence-corrected chi connectivity index (χ2v) is 2.77. The fourth-order valence-corrected chi connectivity index (χ4v) is 1.07. The van der Waals surface area contributed by atoms with Gasteiger partial charge in [0.2, 0.25) is 0 Å². The third-order valence-electron chi connectivity index (χ3n) is 1.70. The maximum Gasteiger partial charge on any atom is 0.433 e. The van der Waals surface area contributed by atoms with Crippen LogP contribution in [0, 0.1) is 11.3 Å². The molecule has 1 N–H and O–H groups in total. The molecule has 3 nitrogen and oxygen atoms in total. The van der Waals surface area contributed by atoms with Crippen LogP contribution < -0.4 is 0 Å². The molecule has 0 aliphatic carbocycles. The van der Waals surface area contributed by atoms with E-state index in [-0.39, 0.29) is 18.0 Å². The molecule has 1 aliphatic heterocycles. The lowest BCUT2D eigenvalue weighted by atomic mass is 10.1.